The van der Waals surface area contributed by atoms with Gasteiger partial charge in [-0.3, -0.25) is 19.3 Å². The van der Waals surface area contributed by atoms with Crippen LogP contribution in [0.2, 0.25) is 0 Å². The molecular weight excluding hydrogens is 336 g/mol. The number of rotatable bonds is 7. The van der Waals surface area contributed by atoms with Gasteiger partial charge in [0.2, 0.25) is 0 Å². The number of amides is 1. The maximum Gasteiger partial charge on any atom is 0.286 e. The van der Waals surface area contributed by atoms with E-state index in [0.29, 0.717) is 23.6 Å². The lowest BCUT2D eigenvalue weighted by Gasteiger charge is -2.07. The zero-order valence-corrected chi connectivity index (χ0v) is 14.2. The van der Waals surface area contributed by atoms with Crippen molar-refractivity contribution in [1.82, 2.24) is 14.7 Å². The van der Waals surface area contributed by atoms with E-state index >= 15 is 0 Å². The number of carbonyl (C=O) groups excluding carboxylic acids is 1. The molecule has 1 aromatic carbocycles. The van der Waals surface area contributed by atoms with Crippen LogP contribution < -0.4 is 10.1 Å². The Morgan fingerprint density at radius 2 is 2.00 bits per heavy atom. The fourth-order valence-electron chi connectivity index (χ4n) is 2.41. The topological polar surface area (TPSA) is 98.8 Å². The Hall–Kier alpha value is -3.42. The van der Waals surface area contributed by atoms with Crippen molar-refractivity contribution in [2.24, 2.45) is 0 Å². The summed E-state index contributed by atoms with van der Waals surface area (Å²) in [6, 6.07) is 10.2. The minimum absolute atomic E-state index is 0.00606. The lowest BCUT2D eigenvalue weighted by molar-refractivity contribution is -0.385. The molecule has 0 radical (unpaired) electrons. The first-order valence-corrected chi connectivity index (χ1v) is 8.20. The van der Waals surface area contributed by atoms with Gasteiger partial charge in [0.1, 0.15) is 11.4 Å². The smallest absolute Gasteiger partial charge is 0.286 e. The van der Waals surface area contributed by atoms with E-state index in [1.165, 1.54) is 12.3 Å². The van der Waals surface area contributed by atoms with Crippen LogP contribution in [0.3, 0.4) is 0 Å². The second-order valence-corrected chi connectivity index (χ2v) is 5.70. The van der Waals surface area contributed by atoms with Crippen molar-refractivity contribution < 1.29 is 14.5 Å². The van der Waals surface area contributed by atoms with Crippen LogP contribution in [0.4, 0.5) is 5.69 Å². The number of aromatic nitrogens is 2. The molecule has 0 fully saturated rings. The predicted molar refractivity (Wildman–Crippen MR) is 96.1 cm³/mol. The van der Waals surface area contributed by atoms with Gasteiger partial charge >= 0.3 is 0 Å². The molecule has 2 heterocycles. The van der Waals surface area contributed by atoms with E-state index in [2.05, 4.69) is 10.3 Å². The summed E-state index contributed by atoms with van der Waals surface area (Å²) in [7, 11) is 0. The number of carbonyl (C=O) groups is 1. The van der Waals surface area contributed by atoms with E-state index in [-0.39, 0.29) is 18.2 Å². The predicted octanol–water partition coefficient (Wildman–Crippen LogP) is 2.81. The third kappa shape index (κ3) is 3.97. The number of hydrogen-bond acceptors (Lipinski definition) is 5. The Kier molecular flexibility index (Phi) is 5.12. The van der Waals surface area contributed by atoms with Crippen LogP contribution in [0.5, 0.6) is 5.75 Å². The Labute approximate surface area is 149 Å². The molecule has 3 aromatic rings. The molecule has 8 nitrogen and oxygen atoms in total. The average molecular weight is 354 g/mol. The van der Waals surface area contributed by atoms with Gasteiger partial charge in [0.25, 0.3) is 11.6 Å². The molecule has 26 heavy (non-hydrogen) atoms. The molecule has 0 aliphatic rings. The Balaban J connectivity index is 1.71. The van der Waals surface area contributed by atoms with Crippen molar-refractivity contribution in [3.05, 3.63) is 58.9 Å². The van der Waals surface area contributed by atoms with Crippen molar-refractivity contribution in [1.29, 1.82) is 0 Å². The summed E-state index contributed by atoms with van der Waals surface area (Å²) in [5.41, 5.74) is 2.17. The van der Waals surface area contributed by atoms with Gasteiger partial charge in [-0.2, -0.15) is 0 Å². The molecule has 0 unspecified atom stereocenters. The Bertz CT molecular complexity index is 934. The molecule has 0 saturated heterocycles. The third-order valence-electron chi connectivity index (χ3n) is 3.74. The van der Waals surface area contributed by atoms with Crippen LogP contribution in [-0.2, 0) is 4.79 Å². The van der Waals surface area contributed by atoms with Crippen molar-refractivity contribution in [3.8, 4) is 17.0 Å². The van der Waals surface area contributed by atoms with Crippen LogP contribution in [0, 0.1) is 10.1 Å². The number of pyridine rings is 1. The van der Waals surface area contributed by atoms with E-state index in [1.54, 1.807) is 28.8 Å². The molecule has 1 amide bonds. The average Bonchev–Trinajstić information content (AvgIpc) is 3.08. The highest BCUT2D eigenvalue weighted by atomic mass is 16.6. The molecular formula is C18H18N4O4. The summed E-state index contributed by atoms with van der Waals surface area (Å²) >= 11 is 0. The van der Waals surface area contributed by atoms with Gasteiger partial charge in [-0.05, 0) is 36.8 Å². The molecule has 0 aliphatic carbocycles. The van der Waals surface area contributed by atoms with Gasteiger partial charge in [-0.1, -0.05) is 6.92 Å². The molecule has 0 atom stereocenters. The van der Waals surface area contributed by atoms with Crippen LogP contribution in [0.25, 0.3) is 16.9 Å². The SMILES string of the molecule is CCCNC(=O)COc1ccc(-c2cn3cc([N+](=O)[O-])ccc3n2)cc1. The zero-order chi connectivity index (χ0) is 18.5. The first-order valence-electron chi connectivity index (χ1n) is 8.20. The van der Waals surface area contributed by atoms with E-state index in [0.717, 1.165) is 12.0 Å². The summed E-state index contributed by atoms with van der Waals surface area (Å²) < 4.78 is 7.07. The first kappa shape index (κ1) is 17.4. The fraction of sp³-hybridized carbons (Fsp3) is 0.222. The zero-order valence-electron chi connectivity index (χ0n) is 14.2. The molecule has 0 spiro atoms. The molecule has 0 aliphatic heterocycles. The molecule has 134 valence electrons. The minimum Gasteiger partial charge on any atom is -0.484 e. The van der Waals surface area contributed by atoms with Crippen molar-refractivity contribution >= 4 is 17.2 Å². The second-order valence-electron chi connectivity index (χ2n) is 5.70. The first-order chi connectivity index (χ1) is 12.6. The fourth-order valence-corrected chi connectivity index (χ4v) is 2.41. The van der Waals surface area contributed by atoms with Crippen molar-refractivity contribution in [2.45, 2.75) is 13.3 Å². The summed E-state index contributed by atoms with van der Waals surface area (Å²) in [5.74, 6) is 0.428. The Morgan fingerprint density at radius 1 is 1.23 bits per heavy atom. The van der Waals surface area contributed by atoms with Gasteiger partial charge in [-0.15, -0.1) is 0 Å². The van der Waals surface area contributed by atoms with E-state index in [9.17, 15) is 14.9 Å². The largest absolute Gasteiger partial charge is 0.484 e. The number of benzene rings is 1. The van der Waals surface area contributed by atoms with E-state index < -0.39 is 4.92 Å². The molecule has 3 rings (SSSR count). The monoisotopic (exact) mass is 354 g/mol. The highest BCUT2D eigenvalue weighted by Gasteiger charge is 2.10. The number of fused-ring (bicyclic) bond motifs is 1. The Morgan fingerprint density at radius 3 is 2.69 bits per heavy atom. The number of nitro groups is 1. The maximum absolute atomic E-state index is 11.5. The van der Waals surface area contributed by atoms with Gasteiger partial charge in [0.15, 0.2) is 6.61 Å². The van der Waals surface area contributed by atoms with Gasteiger partial charge in [0.05, 0.1) is 16.8 Å². The van der Waals surface area contributed by atoms with Gasteiger partial charge in [-0.25, -0.2) is 4.98 Å². The second kappa shape index (κ2) is 7.64. The lowest BCUT2D eigenvalue weighted by Crippen LogP contribution is -2.29. The third-order valence-corrected chi connectivity index (χ3v) is 3.74. The maximum atomic E-state index is 11.5. The molecule has 0 bridgehead atoms. The number of ether oxygens (including phenoxy) is 1. The van der Waals surface area contributed by atoms with Crippen LogP contribution in [0.1, 0.15) is 13.3 Å². The molecule has 1 N–H and O–H groups in total. The summed E-state index contributed by atoms with van der Waals surface area (Å²) in [6.07, 6.45) is 4.04. The summed E-state index contributed by atoms with van der Waals surface area (Å²) in [6.45, 7) is 2.59. The highest BCUT2D eigenvalue weighted by molar-refractivity contribution is 5.77. The highest BCUT2D eigenvalue weighted by Crippen LogP contribution is 2.23. The minimum atomic E-state index is -0.443. The van der Waals surface area contributed by atoms with Crippen LogP contribution in [0.15, 0.2) is 48.8 Å². The van der Waals surface area contributed by atoms with E-state index in [4.69, 9.17) is 4.74 Å². The number of nitrogens with one attached hydrogen (secondary N) is 1. The van der Waals surface area contributed by atoms with Crippen LogP contribution >= 0.6 is 0 Å². The van der Waals surface area contributed by atoms with Crippen LogP contribution in [-0.4, -0.2) is 33.4 Å². The summed E-state index contributed by atoms with van der Waals surface area (Å²) in [5, 5.41) is 13.6. The summed E-state index contributed by atoms with van der Waals surface area (Å²) in [4.78, 5) is 26.4. The molecule has 8 heteroatoms. The number of hydrogen-bond donors (Lipinski definition) is 1. The van der Waals surface area contributed by atoms with Gasteiger partial charge < -0.3 is 10.1 Å². The number of nitrogens with zero attached hydrogens (tertiary/aromatic N) is 3. The van der Waals surface area contributed by atoms with E-state index in [1.807, 2.05) is 19.1 Å². The molecule has 0 saturated carbocycles. The molecule has 2 aromatic heterocycles. The number of imidazole rings is 1. The normalized spacial score (nSPS) is 10.7. The lowest BCUT2D eigenvalue weighted by atomic mass is 10.2. The quantitative estimate of drug-likeness (QED) is 0.519. The van der Waals surface area contributed by atoms with Crippen molar-refractivity contribution in [3.63, 3.8) is 0 Å². The standard InChI is InChI=1S/C18H18N4O4/c1-2-9-19-18(23)12-26-15-6-3-13(4-7-15)16-11-21-10-14(22(24)25)5-8-17(21)20-16/h3-8,10-11H,2,9,12H2,1H3,(H,19,23). The van der Waals surface area contributed by atoms with Crippen molar-refractivity contribution in [2.75, 3.05) is 13.2 Å². The van der Waals surface area contributed by atoms with Gasteiger partial charge in [0, 0.05) is 24.4 Å².